The molecule has 6 heteroatoms. The standard InChI is InChI=1S/C15H18ClFN2OS/c16-10-6-5-7-11(17)12(10)13(20)19-15(14(18)21)8-3-1-2-4-9-15/h5-7H,1-4,8-9H2,(H2,18,21)(H,19,20). The van der Waals surface area contributed by atoms with Crippen LogP contribution in [0, 0.1) is 5.82 Å². The summed E-state index contributed by atoms with van der Waals surface area (Å²) in [5.74, 6) is -1.21. The molecule has 0 aliphatic heterocycles. The van der Waals surface area contributed by atoms with Crippen molar-refractivity contribution in [2.45, 2.75) is 44.1 Å². The molecule has 0 aromatic heterocycles. The third-order valence-electron chi connectivity index (χ3n) is 3.97. The van der Waals surface area contributed by atoms with Crippen LogP contribution in [-0.2, 0) is 0 Å². The van der Waals surface area contributed by atoms with Crippen molar-refractivity contribution in [1.82, 2.24) is 5.32 Å². The quantitative estimate of drug-likeness (QED) is 0.658. The Morgan fingerprint density at radius 2 is 1.90 bits per heavy atom. The first-order chi connectivity index (χ1) is 9.96. The molecule has 1 aromatic carbocycles. The summed E-state index contributed by atoms with van der Waals surface area (Å²) < 4.78 is 13.9. The molecule has 1 aromatic rings. The van der Waals surface area contributed by atoms with E-state index in [2.05, 4.69) is 5.32 Å². The topological polar surface area (TPSA) is 55.1 Å². The highest BCUT2D eigenvalue weighted by atomic mass is 35.5. The molecule has 0 atom stereocenters. The van der Waals surface area contributed by atoms with Gasteiger partial charge in [-0.1, -0.05) is 55.6 Å². The lowest BCUT2D eigenvalue weighted by atomic mass is 9.89. The predicted molar refractivity (Wildman–Crippen MR) is 86.1 cm³/mol. The number of halogens is 2. The summed E-state index contributed by atoms with van der Waals surface area (Å²) in [4.78, 5) is 12.7. The number of carbonyl (C=O) groups excluding carboxylic acids is 1. The number of carbonyl (C=O) groups is 1. The van der Waals surface area contributed by atoms with Crippen molar-refractivity contribution < 1.29 is 9.18 Å². The number of amides is 1. The van der Waals surface area contributed by atoms with E-state index in [0.717, 1.165) is 25.7 Å². The number of thiocarbonyl (C=S) groups is 1. The number of benzene rings is 1. The number of nitrogens with two attached hydrogens (primary N) is 1. The zero-order chi connectivity index (χ0) is 15.5. The van der Waals surface area contributed by atoms with Crippen LogP contribution in [0.25, 0.3) is 0 Å². The minimum absolute atomic E-state index is 0.0826. The van der Waals surface area contributed by atoms with Gasteiger partial charge < -0.3 is 11.1 Å². The van der Waals surface area contributed by atoms with Crippen LogP contribution >= 0.6 is 23.8 Å². The predicted octanol–water partition coefficient (Wildman–Crippen LogP) is 3.59. The van der Waals surface area contributed by atoms with Crippen LogP contribution in [0.1, 0.15) is 48.9 Å². The molecular weight excluding hydrogens is 311 g/mol. The van der Waals surface area contributed by atoms with Gasteiger partial charge in [0.25, 0.3) is 5.91 Å². The van der Waals surface area contributed by atoms with Crippen LogP contribution in [0.4, 0.5) is 4.39 Å². The summed E-state index contributed by atoms with van der Waals surface area (Å²) in [5.41, 5.74) is 4.97. The Morgan fingerprint density at radius 3 is 2.43 bits per heavy atom. The lowest BCUT2D eigenvalue weighted by molar-refractivity contribution is 0.0913. The van der Waals surface area contributed by atoms with Crippen LogP contribution in [0.15, 0.2) is 18.2 Å². The highest BCUT2D eigenvalue weighted by Gasteiger charge is 2.36. The van der Waals surface area contributed by atoms with Crippen molar-refractivity contribution in [1.29, 1.82) is 0 Å². The van der Waals surface area contributed by atoms with Crippen molar-refractivity contribution in [2.75, 3.05) is 0 Å². The number of rotatable bonds is 3. The van der Waals surface area contributed by atoms with Crippen LogP contribution in [-0.4, -0.2) is 16.4 Å². The summed E-state index contributed by atoms with van der Waals surface area (Å²) in [6.07, 6.45) is 5.40. The third-order valence-corrected chi connectivity index (χ3v) is 4.68. The van der Waals surface area contributed by atoms with Gasteiger partial charge in [0.15, 0.2) is 0 Å². The van der Waals surface area contributed by atoms with E-state index < -0.39 is 17.3 Å². The summed E-state index contributed by atoms with van der Waals surface area (Å²) in [6.45, 7) is 0. The molecule has 3 N–H and O–H groups in total. The third kappa shape index (κ3) is 3.52. The summed E-state index contributed by atoms with van der Waals surface area (Å²) in [5, 5.41) is 2.92. The van der Waals surface area contributed by atoms with Crippen LogP contribution in [0.3, 0.4) is 0 Å². The van der Waals surface area contributed by atoms with Gasteiger partial charge in [-0.2, -0.15) is 0 Å². The fraction of sp³-hybridized carbons (Fsp3) is 0.467. The Bertz CT molecular complexity index is 536. The maximum Gasteiger partial charge on any atom is 0.256 e. The SMILES string of the molecule is NC(=S)C1(NC(=O)c2c(F)cccc2Cl)CCCCCC1. The molecule has 0 spiro atoms. The molecule has 0 radical (unpaired) electrons. The molecule has 1 saturated carbocycles. The van der Waals surface area contributed by atoms with Gasteiger partial charge in [-0.3, -0.25) is 4.79 Å². The minimum Gasteiger partial charge on any atom is -0.391 e. The lowest BCUT2D eigenvalue weighted by Crippen LogP contribution is -2.56. The first-order valence-corrected chi connectivity index (χ1v) is 7.81. The summed E-state index contributed by atoms with van der Waals surface area (Å²) >= 11 is 11.1. The number of hydrogen-bond acceptors (Lipinski definition) is 2. The van der Waals surface area contributed by atoms with E-state index in [1.165, 1.54) is 18.2 Å². The Hall–Kier alpha value is -1.20. The molecular formula is C15H18ClFN2OS. The van der Waals surface area contributed by atoms with Crippen molar-refractivity contribution in [3.63, 3.8) is 0 Å². The number of hydrogen-bond donors (Lipinski definition) is 2. The van der Waals surface area contributed by atoms with Crippen molar-refractivity contribution in [3.05, 3.63) is 34.6 Å². The Kier molecular flexibility index (Phi) is 5.17. The van der Waals surface area contributed by atoms with Crippen molar-refractivity contribution >= 4 is 34.7 Å². The van der Waals surface area contributed by atoms with Gasteiger partial charge in [0, 0.05) is 0 Å². The zero-order valence-corrected chi connectivity index (χ0v) is 13.2. The van der Waals surface area contributed by atoms with Gasteiger partial charge in [-0.25, -0.2) is 4.39 Å². The van der Waals surface area contributed by atoms with Crippen LogP contribution in [0.5, 0.6) is 0 Å². The van der Waals surface area contributed by atoms with E-state index in [4.69, 9.17) is 29.6 Å². The average molecular weight is 329 g/mol. The fourth-order valence-corrected chi connectivity index (χ4v) is 3.26. The molecule has 0 unspecified atom stereocenters. The molecule has 0 heterocycles. The first kappa shape index (κ1) is 16.2. The van der Waals surface area contributed by atoms with Crippen LogP contribution < -0.4 is 11.1 Å². The van der Waals surface area contributed by atoms with Crippen molar-refractivity contribution in [2.24, 2.45) is 5.73 Å². The van der Waals surface area contributed by atoms with E-state index in [1.807, 2.05) is 0 Å². The lowest BCUT2D eigenvalue weighted by Gasteiger charge is -2.33. The second-order valence-electron chi connectivity index (χ2n) is 5.41. The van der Waals surface area contributed by atoms with E-state index in [0.29, 0.717) is 12.8 Å². The monoisotopic (exact) mass is 328 g/mol. The van der Waals surface area contributed by atoms with Crippen molar-refractivity contribution in [3.8, 4) is 0 Å². The minimum atomic E-state index is -0.742. The molecule has 2 rings (SSSR count). The van der Waals surface area contributed by atoms with E-state index in [-0.39, 0.29) is 15.6 Å². The molecule has 0 bridgehead atoms. The molecule has 21 heavy (non-hydrogen) atoms. The summed E-state index contributed by atoms with van der Waals surface area (Å²) in [7, 11) is 0. The highest BCUT2D eigenvalue weighted by Crippen LogP contribution is 2.29. The van der Waals surface area contributed by atoms with Crippen LogP contribution in [0.2, 0.25) is 5.02 Å². The van der Waals surface area contributed by atoms with E-state index in [9.17, 15) is 9.18 Å². The number of nitrogens with one attached hydrogen (secondary N) is 1. The fourth-order valence-electron chi connectivity index (χ4n) is 2.76. The van der Waals surface area contributed by atoms with Gasteiger partial charge in [0.1, 0.15) is 5.82 Å². The smallest absolute Gasteiger partial charge is 0.256 e. The molecule has 114 valence electrons. The molecule has 3 nitrogen and oxygen atoms in total. The Morgan fingerprint density at radius 1 is 1.29 bits per heavy atom. The Labute approximate surface area is 134 Å². The van der Waals surface area contributed by atoms with Gasteiger partial charge in [0.2, 0.25) is 0 Å². The van der Waals surface area contributed by atoms with E-state index in [1.54, 1.807) is 0 Å². The zero-order valence-electron chi connectivity index (χ0n) is 11.6. The first-order valence-electron chi connectivity index (χ1n) is 7.03. The maximum absolute atomic E-state index is 13.9. The largest absolute Gasteiger partial charge is 0.391 e. The maximum atomic E-state index is 13.9. The molecule has 1 aliphatic carbocycles. The average Bonchev–Trinajstić information content (AvgIpc) is 2.65. The second-order valence-corrected chi connectivity index (χ2v) is 6.26. The van der Waals surface area contributed by atoms with Gasteiger partial charge in [-0.05, 0) is 25.0 Å². The highest BCUT2D eigenvalue weighted by molar-refractivity contribution is 7.80. The molecule has 0 saturated heterocycles. The Balaban J connectivity index is 2.28. The van der Waals surface area contributed by atoms with Gasteiger partial charge >= 0.3 is 0 Å². The van der Waals surface area contributed by atoms with Gasteiger partial charge in [0.05, 0.1) is 21.1 Å². The normalized spacial score (nSPS) is 17.8. The van der Waals surface area contributed by atoms with E-state index >= 15 is 0 Å². The van der Waals surface area contributed by atoms with Gasteiger partial charge in [-0.15, -0.1) is 0 Å². The molecule has 1 amide bonds. The molecule has 1 aliphatic rings. The molecule has 1 fully saturated rings. The summed E-state index contributed by atoms with van der Waals surface area (Å²) in [6, 6.07) is 4.16. The second kappa shape index (κ2) is 6.71.